The van der Waals surface area contributed by atoms with E-state index in [1.54, 1.807) is 12.1 Å². The zero-order valence-electron chi connectivity index (χ0n) is 18.2. The molecular formula is C23H25N3O6. The SMILES string of the molecule is COc1cc(NC(=O)CN2C(=O)N[C@]3(CCCc4ccccc43)C2=O)cc(OC)c1OC. The van der Waals surface area contributed by atoms with Crippen molar-refractivity contribution in [2.24, 2.45) is 0 Å². The van der Waals surface area contributed by atoms with Gasteiger partial charge in [-0.3, -0.25) is 14.5 Å². The largest absolute Gasteiger partial charge is 0.493 e. The highest BCUT2D eigenvalue weighted by Gasteiger charge is 2.54. The number of carbonyl (C=O) groups is 3. The van der Waals surface area contributed by atoms with E-state index < -0.39 is 29.9 Å². The molecule has 168 valence electrons. The second-order valence-electron chi connectivity index (χ2n) is 7.70. The molecule has 9 heteroatoms. The number of imide groups is 1. The molecule has 4 rings (SSSR count). The van der Waals surface area contributed by atoms with E-state index in [2.05, 4.69) is 10.6 Å². The van der Waals surface area contributed by atoms with E-state index in [1.165, 1.54) is 21.3 Å². The van der Waals surface area contributed by atoms with E-state index in [0.29, 0.717) is 29.4 Å². The second-order valence-corrected chi connectivity index (χ2v) is 7.70. The number of hydrogen-bond acceptors (Lipinski definition) is 6. The number of aryl methyl sites for hydroxylation is 1. The summed E-state index contributed by atoms with van der Waals surface area (Å²) in [4.78, 5) is 39.7. The van der Waals surface area contributed by atoms with E-state index in [1.807, 2.05) is 24.3 Å². The van der Waals surface area contributed by atoms with Gasteiger partial charge in [0.15, 0.2) is 11.5 Å². The maximum absolute atomic E-state index is 13.3. The highest BCUT2D eigenvalue weighted by atomic mass is 16.5. The van der Waals surface area contributed by atoms with Crippen molar-refractivity contribution in [1.82, 2.24) is 10.2 Å². The molecule has 2 aromatic carbocycles. The Balaban J connectivity index is 1.54. The average Bonchev–Trinajstić information content (AvgIpc) is 3.03. The summed E-state index contributed by atoms with van der Waals surface area (Å²) in [5, 5.41) is 5.54. The molecule has 2 aromatic rings. The first-order valence-electron chi connectivity index (χ1n) is 10.3. The Hall–Kier alpha value is -3.75. The number of fused-ring (bicyclic) bond motifs is 2. The van der Waals surface area contributed by atoms with Gasteiger partial charge in [0.05, 0.1) is 21.3 Å². The zero-order valence-corrected chi connectivity index (χ0v) is 18.2. The van der Waals surface area contributed by atoms with E-state index in [-0.39, 0.29) is 0 Å². The van der Waals surface area contributed by atoms with E-state index in [0.717, 1.165) is 28.9 Å². The summed E-state index contributed by atoms with van der Waals surface area (Å²) in [6.07, 6.45) is 2.12. The van der Waals surface area contributed by atoms with Gasteiger partial charge in [0.1, 0.15) is 12.1 Å². The number of nitrogens with one attached hydrogen (secondary N) is 2. The van der Waals surface area contributed by atoms with Crippen LogP contribution in [0.4, 0.5) is 10.5 Å². The van der Waals surface area contributed by atoms with Crippen LogP contribution in [0, 0.1) is 0 Å². The third-order valence-electron chi connectivity index (χ3n) is 5.90. The van der Waals surface area contributed by atoms with Gasteiger partial charge in [-0.15, -0.1) is 0 Å². The maximum Gasteiger partial charge on any atom is 0.325 e. The molecule has 1 atom stereocenters. The van der Waals surface area contributed by atoms with Crippen molar-refractivity contribution < 1.29 is 28.6 Å². The molecular weight excluding hydrogens is 414 g/mol. The van der Waals surface area contributed by atoms with E-state index >= 15 is 0 Å². The number of carbonyl (C=O) groups excluding carboxylic acids is 3. The summed E-state index contributed by atoms with van der Waals surface area (Å²) < 4.78 is 15.9. The first kappa shape index (κ1) is 21.5. The van der Waals surface area contributed by atoms with Crippen LogP contribution in [-0.4, -0.2) is 50.6 Å². The molecule has 1 spiro atoms. The summed E-state index contributed by atoms with van der Waals surface area (Å²) >= 11 is 0. The minimum absolute atomic E-state index is 0.370. The summed E-state index contributed by atoms with van der Waals surface area (Å²) in [6.45, 7) is -0.411. The molecule has 9 nitrogen and oxygen atoms in total. The third-order valence-corrected chi connectivity index (χ3v) is 5.90. The topological polar surface area (TPSA) is 106 Å². The number of hydrogen-bond donors (Lipinski definition) is 2. The summed E-state index contributed by atoms with van der Waals surface area (Å²) in [6, 6.07) is 10.2. The predicted octanol–water partition coefficient (Wildman–Crippen LogP) is 2.43. The smallest absolute Gasteiger partial charge is 0.325 e. The molecule has 2 N–H and O–H groups in total. The van der Waals surface area contributed by atoms with Crippen molar-refractivity contribution in [2.45, 2.75) is 24.8 Å². The standard InChI is InChI=1S/C23H25N3O6/c1-30-17-11-15(12-18(31-2)20(17)32-3)24-19(27)13-26-21(28)23(25-22(26)29)10-6-8-14-7-4-5-9-16(14)23/h4-5,7,9,11-12H,6,8,10,13H2,1-3H3,(H,24,27)(H,25,29)/t23-/m0/s1. The van der Waals surface area contributed by atoms with Crippen LogP contribution in [0.5, 0.6) is 17.2 Å². The fraction of sp³-hybridized carbons (Fsp3) is 0.348. The van der Waals surface area contributed by atoms with Crippen molar-refractivity contribution in [1.29, 1.82) is 0 Å². The van der Waals surface area contributed by atoms with Gasteiger partial charge < -0.3 is 24.8 Å². The van der Waals surface area contributed by atoms with Crippen molar-refractivity contribution in [2.75, 3.05) is 33.2 Å². The minimum atomic E-state index is -1.11. The maximum atomic E-state index is 13.3. The number of rotatable bonds is 6. The van der Waals surface area contributed by atoms with Crippen LogP contribution in [0.15, 0.2) is 36.4 Å². The Morgan fingerprint density at radius 2 is 1.78 bits per heavy atom. The van der Waals surface area contributed by atoms with Gasteiger partial charge in [0, 0.05) is 17.8 Å². The van der Waals surface area contributed by atoms with Crippen molar-refractivity contribution >= 4 is 23.5 Å². The number of amides is 4. The fourth-order valence-corrected chi connectivity index (χ4v) is 4.45. The van der Waals surface area contributed by atoms with Crippen molar-refractivity contribution in [3.63, 3.8) is 0 Å². The molecule has 1 heterocycles. The lowest BCUT2D eigenvalue weighted by atomic mass is 9.76. The number of methoxy groups -OCH3 is 3. The molecule has 32 heavy (non-hydrogen) atoms. The lowest BCUT2D eigenvalue weighted by molar-refractivity contribution is -0.134. The molecule has 0 unspecified atom stereocenters. The van der Waals surface area contributed by atoms with Gasteiger partial charge in [-0.25, -0.2) is 4.79 Å². The van der Waals surface area contributed by atoms with Gasteiger partial charge in [-0.1, -0.05) is 24.3 Å². The summed E-state index contributed by atoms with van der Waals surface area (Å²) in [5.74, 6) is 0.198. The first-order valence-corrected chi connectivity index (χ1v) is 10.3. The molecule has 1 aliphatic heterocycles. The van der Waals surface area contributed by atoms with Crippen molar-refractivity contribution in [3.05, 3.63) is 47.5 Å². The van der Waals surface area contributed by atoms with Crippen LogP contribution >= 0.6 is 0 Å². The number of benzene rings is 2. The number of urea groups is 1. The minimum Gasteiger partial charge on any atom is -0.493 e. The number of ether oxygens (including phenoxy) is 3. The fourth-order valence-electron chi connectivity index (χ4n) is 4.45. The number of nitrogens with zero attached hydrogens (tertiary/aromatic N) is 1. The third kappa shape index (κ3) is 3.49. The number of anilines is 1. The molecule has 0 bridgehead atoms. The zero-order chi connectivity index (χ0) is 22.9. The molecule has 1 fully saturated rings. The van der Waals surface area contributed by atoms with Crippen LogP contribution in [0.2, 0.25) is 0 Å². The molecule has 2 aliphatic rings. The van der Waals surface area contributed by atoms with Crippen molar-refractivity contribution in [3.8, 4) is 17.2 Å². The lowest BCUT2D eigenvalue weighted by Gasteiger charge is -2.33. The average molecular weight is 439 g/mol. The van der Waals surface area contributed by atoms with Gasteiger partial charge in [0.2, 0.25) is 11.7 Å². The summed E-state index contributed by atoms with van der Waals surface area (Å²) in [7, 11) is 4.42. The van der Waals surface area contributed by atoms with Gasteiger partial charge in [-0.05, 0) is 30.4 Å². The molecule has 0 aromatic heterocycles. The normalized spacial score (nSPS) is 19.4. The van der Waals surface area contributed by atoms with Crippen LogP contribution in [0.1, 0.15) is 24.0 Å². The first-order chi connectivity index (χ1) is 15.4. The molecule has 0 radical (unpaired) electrons. The second kappa shape index (κ2) is 8.41. The Morgan fingerprint density at radius 1 is 1.09 bits per heavy atom. The Morgan fingerprint density at radius 3 is 2.44 bits per heavy atom. The van der Waals surface area contributed by atoms with Crippen LogP contribution in [0.3, 0.4) is 0 Å². The monoisotopic (exact) mass is 439 g/mol. The van der Waals surface area contributed by atoms with E-state index in [4.69, 9.17) is 14.2 Å². The van der Waals surface area contributed by atoms with E-state index in [9.17, 15) is 14.4 Å². The van der Waals surface area contributed by atoms with Gasteiger partial charge >= 0.3 is 6.03 Å². The molecule has 1 saturated heterocycles. The Kier molecular flexibility index (Phi) is 5.65. The van der Waals surface area contributed by atoms with Crippen LogP contribution in [-0.2, 0) is 21.5 Å². The van der Waals surface area contributed by atoms with Crippen LogP contribution < -0.4 is 24.8 Å². The molecule has 1 aliphatic carbocycles. The van der Waals surface area contributed by atoms with Gasteiger partial charge in [-0.2, -0.15) is 0 Å². The predicted molar refractivity (Wildman–Crippen MR) is 116 cm³/mol. The Bertz CT molecular complexity index is 1060. The molecule has 0 saturated carbocycles. The lowest BCUT2D eigenvalue weighted by Crippen LogP contribution is -2.47. The highest BCUT2D eigenvalue weighted by molar-refractivity contribution is 6.10. The Labute approximate surface area is 185 Å². The molecule has 4 amide bonds. The quantitative estimate of drug-likeness (QED) is 0.670. The van der Waals surface area contributed by atoms with Crippen LogP contribution in [0.25, 0.3) is 0 Å². The highest BCUT2D eigenvalue weighted by Crippen LogP contribution is 2.41. The summed E-state index contributed by atoms with van der Waals surface area (Å²) in [5.41, 5.74) is 1.11. The van der Waals surface area contributed by atoms with Gasteiger partial charge in [0.25, 0.3) is 5.91 Å².